The first-order chi connectivity index (χ1) is 10.4. The number of hydrogen-bond donors (Lipinski definition) is 6. The Hall–Kier alpha value is -3.22. The molecule has 13 heteroatoms. The molecule has 0 heterocycles. The second-order valence-corrected chi connectivity index (χ2v) is 3.11. The third-order valence-corrected chi connectivity index (χ3v) is 0. The average Bonchev–Trinajstić information content (AvgIpc) is 2.08. The molecular formula is C12H26O13. The van der Waals surface area contributed by atoms with Gasteiger partial charge in [0, 0.05) is 41.5 Å². The standard InChI is InChI=1S/6C2H4O2.H2O/c6*1-2(3)4;/h6*1H3,(H,3,4);1H2. The Bertz CT molecular complexity index is 256. The van der Waals surface area contributed by atoms with Crippen molar-refractivity contribution < 1.29 is 64.9 Å². The molecule has 0 saturated carbocycles. The fraction of sp³-hybridized carbons (Fsp3) is 0.500. The molecular weight excluding hydrogens is 352 g/mol. The first-order valence-corrected chi connectivity index (χ1v) is 5.57. The summed E-state index contributed by atoms with van der Waals surface area (Å²) >= 11 is 0. The van der Waals surface area contributed by atoms with Crippen molar-refractivity contribution in [1.82, 2.24) is 0 Å². The topological polar surface area (TPSA) is 255 Å². The number of carboxylic acid groups (broad SMARTS) is 6. The van der Waals surface area contributed by atoms with Crippen molar-refractivity contribution in [2.45, 2.75) is 41.5 Å². The van der Waals surface area contributed by atoms with E-state index in [9.17, 15) is 0 Å². The van der Waals surface area contributed by atoms with E-state index in [1.165, 1.54) is 0 Å². The molecule has 0 saturated heterocycles. The van der Waals surface area contributed by atoms with Crippen LogP contribution in [0.4, 0.5) is 0 Å². The third-order valence-electron chi connectivity index (χ3n) is 0. The monoisotopic (exact) mass is 378 g/mol. The van der Waals surface area contributed by atoms with Gasteiger partial charge in [-0.2, -0.15) is 0 Å². The van der Waals surface area contributed by atoms with Gasteiger partial charge in [-0.15, -0.1) is 0 Å². The minimum Gasteiger partial charge on any atom is -0.481 e. The molecule has 0 aromatic carbocycles. The van der Waals surface area contributed by atoms with Gasteiger partial charge in [0.05, 0.1) is 0 Å². The normalized spacial score (nSPS) is 6.00. The van der Waals surface area contributed by atoms with Crippen molar-refractivity contribution in [3.63, 3.8) is 0 Å². The molecule has 0 fully saturated rings. The van der Waals surface area contributed by atoms with E-state index in [-0.39, 0.29) is 5.48 Å². The van der Waals surface area contributed by atoms with E-state index in [4.69, 9.17) is 59.4 Å². The van der Waals surface area contributed by atoms with Crippen LogP contribution < -0.4 is 0 Å². The summed E-state index contributed by atoms with van der Waals surface area (Å²) in [6, 6.07) is 0. The number of aliphatic carboxylic acids is 6. The summed E-state index contributed by atoms with van der Waals surface area (Å²) in [4.78, 5) is 54.0. The smallest absolute Gasteiger partial charge is 0.300 e. The first-order valence-electron chi connectivity index (χ1n) is 5.57. The lowest BCUT2D eigenvalue weighted by molar-refractivity contribution is -0.135. The van der Waals surface area contributed by atoms with Gasteiger partial charge < -0.3 is 36.1 Å². The Kier molecular flexibility index (Phi) is 64.1. The van der Waals surface area contributed by atoms with E-state index in [0.717, 1.165) is 41.5 Å². The van der Waals surface area contributed by atoms with Crippen LogP contribution in [0.1, 0.15) is 41.5 Å². The average molecular weight is 378 g/mol. The van der Waals surface area contributed by atoms with Crippen molar-refractivity contribution in [3.05, 3.63) is 0 Å². The molecule has 0 radical (unpaired) electrons. The van der Waals surface area contributed by atoms with Gasteiger partial charge in [0.2, 0.25) is 0 Å². The SMILES string of the molecule is CC(=O)O.CC(=O)O.CC(=O)O.CC(=O)O.CC(=O)O.CC(=O)O.O. The maximum Gasteiger partial charge on any atom is 0.300 e. The second kappa shape index (κ2) is 37.2. The van der Waals surface area contributed by atoms with Crippen molar-refractivity contribution in [1.29, 1.82) is 0 Å². The summed E-state index contributed by atoms with van der Waals surface area (Å²) in [7, 11) is 0. The highest BCUT2D eigenvalue weighted by molar-refractivity contribution is 5.64. The Morgan fingerprint density at radius 1 is 0.360 bits per heavy atom. The van der Waals surface area contributed by atoms with Gasteiger partial charge in [0.15, 0.2) is 0 Å². The number of carboxylic acids is 6. The zero-order valence-electron chi connectivity index (χ0n) is 14.6. The van der Waals surface area contributed by atoms with Gasteiger partial charge in [0.1, 0.15) is 0 Å². The van der Waals surface area contributed by atoms with Crippen LogP contribution in [0.3, 0.4) is 0 Å². The Balaban J connectivity index is -0.0000000309. The van der Waals surface area contributed by atoms with E-state index in [1.54, 1.807) is 0 Å². The summed E-state index contributed by atoms with van der Waals surface area (Å²) in [5.41, 5.74) is 0. The van der Waals surface area contributed by atoms with E-state index in [2.05, 4.69) is 0 Å². The molecule has 0 aromatic rings. The summed E-state index contributed by atoms with van der Waals surface area (Å²) < 4.78 is 0. The summed E-state index contributed by atoms with van der Waals surface area (Å²) in [5.74, 6) is -5.00. The molecule has 0 aromatic heterocycles. The molecule has 0 bridgehead atoms. The number of carbonyl (C=O) groups is 6. The molecule has 0 rings (SSSR count). The van der Waals surface area contributed by atoms with Crippen molar-refractivity contribution >= 4 is 35.8 Å². The molecule has 0 amide bonds. The fourth-order valence-electron chi connectivity index (χ4n) is 0. The van der Waals surface area contributed by atoms with Crippen LogP contribution in [-0.2, 0) is 28.8 Å². The highest BCUT2D eigenvalue weighted by Crippen LogP contribution is 1.43. The van der Waals surface area contributed by atoms with Gasteiger partial charge in [-0.1, -0.05) is 0 Å². The molecule has 0 atom stereocenters. The second-order valence-electron chi connectivity index (χ2n) is 3.11. The third kappa shape index (κ3) is 707. The molecule has 152 valence electrons. The molecule has 25 heavy (non-hydrogen) atoms. The number of rotatable bonds is 0. The summed E-state index contributed by atoms with van der Waals surface area (Å²) in [6.07, 6.45) is 0. The maximum absolute atomic E-state index is 9.00. The Morgan fingerprint density at radius 2 is 0.360 bits per heavy atom. The lowest BCUT2D eigenvalue weighted by Crippen LogP contribution is -1.78. The van der Waals surface area contributed by atoms with Gasteiger partial charge in [-0.25, -0.2) is 0 Å². The number of hydrogen-bond acceptors (Lipinski definition) is 6. The van der Waals surface area contributed by atoms with Crippen LogP contribution in [-0.4, -0.2) is 71.9 Å². The molecule has 0 aliphatic heterocycles. The molecule has 0 aliphatic carbocycles. The molecule has 0 aliphatic rings. The minimum atomic E-state index is -0.833. The van der Waals surface area contributed by atoms with Crippen LogP contribution in [0.2, 0.25) is 0 Å². The van der Waals surface area contributed by atoms with Crippen molar-refractivity contribution in [3.8, 4) is 0 Å². The Labute approximate surface area is 143 Å². The first kappa shape index (κ1) is 43.1. The van der Waals surface area contributed by atoms with Crippen LogP contribution >= 0.6 is 0 Å². The molecule has 13 nitrogen and oxygen atoms in total. The lowest BCUT2D eigenvalue weighted by Gasteiger charge is -1.59. The van der Waals surface area contributed by atoms with Crippen LogP contribution in [0, 0.1) is 0 Å². The van der Waals surface area contributed by atoms with Crippen LogP contribution in [0.25, 0.3) is 0 Å². The zero-order chi connectivity index (χ0) is 21.5. The van der Waals surface area contributed by atoms with E-state index >= 15 is 0 Å². The van der Waals surface area contributed by atoms with Gasteiger partial charge in [-0.3, -0.25) is 28.8 Å². The van der Waals surface area contributed by atoms with Gasteiger partial charge in [-0.05, 0) is 0 Å². The zero-order valence-corrected chi connectivity index (χ0v) is 14.6. The highest BCUT2D eigenvalue weighted by Gasteiger charge is 1.67. The fourth-order valence-corrected chi connectivity index (χ4v) is 0. The van der Waals surface area contributed by atoms with Gasteiger partial charge in [0.25, 0.3) is 35.8 Å². The maximum atomic E-state index is 9.00. The van der Waals surface area contributed by atoms with Crippen molar-refractivity contribution in [2.24, 2.45) is 0 Å². The molecule has 8 N–H and O–H groups in total. The lowest BCUT2D eigenvalue weighted by atomic mass is 10.9. The van der Waals surface area contributed by atoms with E-state index in [1.807, 2.05) is 0 Å². The van der Waals surface area contributed by atoms with E-state index < -0.39 is 35.8 Å². The molecule has 0 spiro atoms. The summed E-state index contributed by atoms with van der Waals surface area (Å²) in [6.45, 7) is 6.50. The van der Waals surface area contributed by atoms with E-state index in [0.29, 0.717) is 0 Å². The summed E-state index contributed by atoms with van der Waals surface area (Å²) in [5, 5.41) is 44.5. The van der Waals surface area contributed by atoms with Crippen LogP contribution in [0.15, 0.2) is 0 Å². The minimum absolute atomic E-state index is 0. The Morgan fingerprint density at radius 3 is 0.360 bits per heavy atom. The predicted octanol–water partition coefficient (Wildman–Crippen LogP) is -0.279. The quantitative estimate of drug-likeness (QED) is 0.318. The predicted molar refractivity (Wildman–Crippen MR) is 83.5 cm³/mol. The highest BCUT2D eigenvalue weighted by atomic mass is 16.4. The largest absolute Gasteiger partial charge is 0.481 e. The van der Waals surface area contributed by atoms with Crippen molar-refractivity contribution in [2.75, 3.05) is 0 Å². The molecule has 0 unspecified atom stereocenters. The van der Waals surface area contributed by atoms with Gasteiger partial charge >= 0.3 is 0 Å². The van der Waals surface area contributed by atoms with Crippen LogP contribution in [0.5, 0.6) is 0 Å².